The molecule has 1 fully saturated rings. The van der Waals surface area contributed by atoms with Crippen molar-refractivity contribution in [1.82, 2.24) is 4.98 Å². The average molecular weight is 331 g/mol. The molecule has 1 aliphatic rings. The summed E-state index contributed by atoms with van der Waals surface area (Å²) in [6.07, 6.45) is 3.78. The third-order valence-corrected chi connectivity index (χ3v) is 4.27. The summed E-state index contributed by atoms with van der Waals surface area (Å²) in [6.45, 7) is 0. The van der Waals surface area contributed by atoms with Crippen molar-refractivity contribution >= 4 is 21.7 Å². The predicted molar refractivity (Wildman–Crippen MR) is 78.5 cm³/mol. The fourth-order valence-corrected chi connectivity index (χ4v) is 3.39. The Kier molecular flexibility index (Phi) is 5.05. The minimum Gasteiger partial charge on any atom is -0.266 e. The Morgan fingerprint density at radius 2 is 2.24 bits per heavy atom. The van der Waals surface area contributed by atoms with E-state index in [4.69, 9.17) is 21.3 Å². The molecule has 3 atom stereocenters. The van der Waals surface area contributed by atoms with Gasteiger partial charge in [0, 0.05) is 23.1 Å². The van der Waals surface area contributed by atoms with E-state index in [1.54, 1.807) is 18.3 Å². The standard InChI is InChI=1S/C12H15ClN4O3S/c1-21(18,19)20-11-4-3-9(16-17-14)6-10(11)8-2-5-12(13)15-7-8/h2,5,7,9-11H,3-4,6H2,1H3/t9-,10+,11-/m1/s1. The van der Waals surface area contributed by atoms with E-state index in [9.17, 15) is 8.42 Å². The average Bonchev–Trinajstić information content (AvgIpc) is 2.40. The Morgan fingerprint density at radius 1 is 1.48 bits per heavy atom. The maximum Gasteiger partial charge on any atom is 0.264 e. The van der Waals surface area contributed by atoms with Gasteiger partial charge in [0.25, 0.3) is 10.1 Å². The van der Waals surface area contributed by atoms with Crippen molar-refractivity contribution in [2.24, 2.45) is 5.11 Å². The number of pyridine rings is 1. The Balaban J connectivity index is 2.27. The molecular formula is C12H15ClN4O3S. The van der Waals surface area contributed by atoms with Crippen LogP contribution < -0.4 is 0 Å². The molecule has 9 heteroatoms. The lowest BCUT2D eigenvalue weighted by Crippen LogP contribution is -2.33. The molecule has 0 aromatic carbocycles. The normalized spacial score (nSPS) is 26.1. The van der Waals surface area contributed by atoms with Gasteiger partial charge in [0.15, 0.2) is 0 Å². The summed E-state index contributed by atoms with van der Waals surface area (Å²) in [4.78, 5) is 6.84. The van der Waals surface area contributed by atoms with E-state index in [0.29, 0.717) is 24.4 Å². The minimum atomic E-state index is -3.55. The number of nitrogens with zero attached hydrogens (tertiary/aromatic N) is 4. The molecule has 1 aromatic rings. The van der Waals surface area contributed by atoms with Crippen LogP contribution >= 0.6 is 11.6 Å². The van der Waals surface area contributed by atoms with Gasteiger partial charge in [0.1, 0.15) is 5.15 Å². The maximum atomic E-state index is 11.4. The van der Waals surface area contributed by atoms with Crippen molar-refractivity contribution in [3.05, 3.63) is 39.5 Å². The fraction of sp³-hybridized carbons (Fsp3) is 0.583. The predicted octanol–water partition coefficient (Wildman–Crippen LogP) is 3.03. The maximum absolute atomic E-state index is 11.4. The topological polar surface area (TPSA) is 105 Å². The van der Waals surface area contributed by atoms with Crippen LogP contribution in [0.15, 0.2) is 23.4 Å². The molecule has 1 saturated carbocycles. The second kappa shape index (κ2) is 6.62. The number of rotatable bonds is 4. The van der Waals surface area contributed by atoms with Crippen LogP contribution in [0.5, 0.6) is 0 Å². The molecule has 21 heavy (non-hydrogen) atoms. The van der Waals surface area contributed by atoms with E-state index >= 15 is 0 Å². The van der Waals surface area contributed by atoms with E-state index in [-0.39, 0.29) is 12.0 Å². The zero-order valence-corrected chi connectivity index (χ0v) is 13.0. The largest absolute Gasteiger partial charge is 0.266 e. The summed E-state index contributed by atoms with van der Waals surface area (Å²) in [5.41, 5.74) is 9.39. The zero-order chi connectivity index (χ0) is 15.5. The lowest BCUT2D eigenvalue weighted by Gasteiger charge is -2.33. The van der Waals surface area contributed by atoms with Crippen molar-refractivity contribution in [2.45, 2.75) is 37.3 Å². The van der Waals surface area contributed by atoms with Gasteiger partial charge in [-0.1, -0.05) is 22.8 Å². The first-order valence-corrected chi connectivity index (χ1v) is 8.62. The Bertz CT molecular complexity index is 643. The van der Waals surface area contributed by atoms with Gasteiger partial charge >= 0.3 is 0 Å². The highest BCUT2D eigenvalue weighted by Crippen LogP contribution is 2.37. The Morgan fingerprint density at radius 3 is 2.81 bits per heavy atom. The van der Waals surface area contributed by atoms with Gasteiger partial charge in [0.05, 0.1) is 12.4 Å². The van der Waals surface area contributed by atoms with Gasteiger partial charge in [0.2, 0.25) is 0 Å². The van der Waals surface area contributed by atoms with Crippen LogP contribution in [0.4, 0.5) is 0 Å². The number of aromatic nitrogens is 1. The Labute approximate surface area is 128 Å². The number of azide groups is 1. The van der Waals surface area contributed by atoms with Crippen LogP contribution in [-0.4, -0.2) is 31.8 Å². The third kappa shape index (κ3) is 4.57. The van der Waals surface area contributed by atoms with Crippen molar-refractivity contribution in [3.8, 4) is 0 Å². The van der Waals surface area contributed by atoms with Crippen LogP contribution in [0.1, 0.15) is 30.7 Å². The molecule has 0 radical (unpaired) electrons. The molecule has 0 saturated heterocycles. The molecule has 0 amide bonds. The van der Waals surface area contributed by atoms with E-state index in [0.717, 1.165) is 11.8 Å². The fourth-order valence-electron chi connectivity index (χ4n) is 2.60. The number of halogens is 1. The Hall–Kier alpha value is -1.34. The summed E-state index contributed by atoms with van der Waals surface area (Å²) >= 11 is 5.77. The molecule has 1 aromatic heterocycles. The summed E-state index contributed by atoms with van der Waals surface area (Å²) < 4.78 is 28.0. The van der Waals surface area contributed by atoms with Gasteiger partial charge in [-0.25, -0.2) is 4.98 Å². The van der Waals surface area contributed by atoms with E-state index in [1.165, 1.54) is 0 Å². The van der Waals surface area contributed by atoms with Gasteiger partial charge < -0.3 is 0 Å². The van der Waals surface area contributed by atoms with Gasteiger partial charge in [-0.3, -0.25) is 4.18 Å². The van der Waals surface area contributed by atoms with Crippen molar-refractivity contribution < 1.29 is 12.6 Å². The quantitative estimate of drug-likeness (QED) is 0.278. The smallest absolute Gasteiger partial charge is 0.264 e. The third-order valence-electron chi connectivity index (χ3n) is 3.45. The second-order valence-corrected chi connectivity index (χ2v) is 7.02. The molecule has 7 nitrogen and oxygen atoms in total. The molecule has 0 bridgehead atoms. The van der Waals surface area contributed by atoms with Crippen molar-refractivity contribution in [3.63, 3.8) is 0 Å². The highest BCUT2D eigenvalue weighted by molar-refractivity contribution is 7.86. The van der Waals surface area contributed by atoms with Crippen molar-refractivity contribution in [1.29, 1.82) is 0 Å². The molecule has 1 heterocycles. The molecule has 114 valence electrons. The number of hydrogen-bond donors (Lipinski definition) is 0. The van der Waals surface area contributed by atoms with E-state index in [1.807, 2.05) is 0 Å². The molecule has 0 N–H and O–H groups in total. The number of hydrogen-bond acceptors (Lipinski definition) is 5. The summed E-state index contributed by atoms with van der Waals surface area (Å²) in [6, 6.07) is 3.26. The summed E-state index contributed by atoms with van der Waals surface area (Å²) in [7, 11) is -3.55. The molecule has 0 aliphatic heterocycles. The molecule has 0 spiro atoms. The lowest BCUT2D eigenvalue weighted by molar-refractivity contribution is 0.130. The first-order valence-electron chi connectivity index (χ1n) is 6.43. The lowest BCUT2D eigenvalue weighted by atomic mass is 9.80. The molecular weight excluding hydrogens is 316 g/mol. The highest BCUT2D eigenvalue weighted by atomic mass is 35.5. The van der Waals surface area contributed by atoms with Crippen molar-refractivity contribution in [2.75, 3.05) is 6.26 Å². The first-order chi connectivity index (χ1) is 9.89. The molecule has 1 aliphatic carbocycles. The van der Waals surface area contributed by atoms with Gasteiger partial charge in [-0.15, -0.1) is 0 Å². The molecule has 2 rings (SSSR count). The van der Waals surface area contributed by atoms with Crippen LogP contribution in [0.25, 0.3) is 10.4 Å². The van der Waals surface area contributed by atoms with Crippen LogP contribution in [0, 0.1) is 0 Å². The highest BCUT2D eigenvalue weighted by Gasteiger charge is 2.34. The van der Waals surface area contributed by atoms with Crippen LogP contribution in [0.2, 0.25) is 5.15 Å². The van der Waals surface area contributed by atoms with Crippen LogP contribution in [-0.2, 0) is 14.3 Å². The van der Waals surface area contributed by atoms with Crippen LogP contribution in [0.3, 0.4) is 0 Å². The SMILES string of the molecule is CS(=O)(=O)O[C@@H]1CC[C@@H](N=[N+]=[N-])C[C@H]1c1ccc(Cl)nc1. The van der Waals surface area contributed by atoms with Gasteiger partial charge in [-0.2, -0.15) is 8.42 Å². The molecule has 0 unspecified atom stereocenters. The minimum absolute atomic E-state index is 0.171. The summed E-state index contributed by atoms with van der Waals surface area (Å²) in [5, 5.41) is 4.10. The summed E-state index contributed by atoms with van der Waals surface area (Å²) in [5.74, 6) is -0.200. The second-order valence-electron chi connectivity index (χ2n) is 5.03. The monoisotopic (exact) mass is 330 g/mol. The zero-order valence-electron chi connectivity index (χ0n) is 11.4. The van der Waals surface area contributed by atoms with E-state index < -0.39 is 16.2 Å². The van der Waals surface area contributed by atoms with Gasteiger partial charge in [-0.05, 0) is 36.4 Å². The van der Waals surface area contributed by atoms with E-state index in [2.05, 4.69) is 15.0 Å². The first kappa shape index (κ1) is 16.0.